The zero-order valence-corrected chi connectivity index (χ0v) is 10.2. The molecule has 3 nitrogen and oxygen atoms in total. The maximum atomic E-state index is 8.72. The van der Waals surface area contributed by atoms with E-state index in [2.05, 4.69) is 15.9 Å². The van der Waals surface area contributed by atoms with Crippen LogP contribution in [-0.2, 0) is 0 Å². The van der Waals surface area contributed by atoms with E-state index in [0.717, 1.165) is 10.0 Å². The lowest BCUT2D eigenvalue weighted by Crippen LogP contribution is -1.93. The van der Waals surface area contributed by atoms with Crippen LogP contribution in [0.2, 0.25) is 0 Å². The van der Waals surface area contributed by atoms with E-state index in [-0.39, 0.29) is 6.61 Å². The number of hydrogen-bond acceptors (Lipinski definition) is 3. The number of ether oxygens (including phenoxy) is 2. The van der Waals surface area contributed by atoms with Crippen molar-refractivity contribution in [2.45, 2.75) is 0 Å². The summed E-state index contributed by atoms with van der Waals surface area (Å²) in [5, 5.41) is 8.72. The highest BCUT2D eigenvalue weighted by molar-refractivity contribution is 9.10. The quantitative estimate of drug-likeness (QED) is 0.915. The first kappa shape index (κ1) is 12.1. The normalized spacial score (nSPS) is 10.7. The minimum absolute atomic E-state index is 0.00200. The van der Waals surface area contributed by atoms with Gasteiger partial charge in [0, 0.05) is 10.0 Å². The van der Waals surface area contributed by atoms with Gasteiger partial charge in [-0.2, -0.15) is 0 Å². The topological polar surface area (TPSA) is 38.7 Å². The van der Waals surface area contributed by atoms with Crippen LogP contribution in [0.5, 0.6) is 11.5 Å². The van der Waals surface area contributed by atoms with E-state index >= 15 is 0 Å². The fourth-order valence-corrected chi connectivity index (χ4v) is 1.72. The number of hydrogen-bond donors (Lipinski definition) is 1. The third-order valence-electron chi connectivity index (χ3n) is 1.88. The van der Waals surface area contributed by atoms with Gasteiger partial charge < -0.3 is 14.6 Å². The largest absolute Gasteiger partial charge is 0.493 e. The summed E-state index contributed by atoms with van der Waals surface area (Å²) in [7, 11) is 3.17. The Hall–Kier alpha value is -1.00. The zero-order chi connectivity index (χ0) is 11.3. The van der Waals surface area contributed by atoms with Crippen molar-refractivity contribution >= 4 is 22.0 Å². The van der Waals surface area contributed by atoms with Crippen molar-refractivity contribution in [3.8, 4) is 11.5 Å². The van der Waals surface area contributed by atoms with Crippen LogP contribution in [0.1, 0.15) is 5.56 Å². The van der Waals surface area contributed by atoms with E-state index in [0.29, 0.717) is 11.5 Å². The number of benzene rings is 1. The number of aliphatic hydroxyl groups excluding tert-OH is 1. The SMILES string of the molecule is COc1cc(Br)cc(/C=C/CO)c1OC. The van der Waals surface area contributed by atoms with Crippen molar-refractivity contribution in [3.05, 3.63) is 28.2 Å². The van der Waals surface area contributed by atoms with Crippen LogP contribution in [0.15, 0.2) is 22.7 Å². The van der Waals surface area contributed by atoms with Crippen LogP contribution in [0.3, 0.4) is 0 Å². The molecule has 0 spiro atoms. The van der Waals surface area contributed by atoms with Crippen molar-refractivity contribution in [1.29, 1.82) is 0 Å². The Balaban J connectivity index is 3.22. The van der Waals surface area contributed by atoms with Gasteiger partial charge in [0.25, 0.3) is 0 Å². The number of aliphatic hydroxyl groups is 1. The Labute approximate surface area is 97.5 Å². The second-order valence-corrected chi connectivity index (χ2v) is 3.73. The van der Waals surface area contributed by atoms with E-state index in [9.17, 15) is 0 Å². The van der Waals surface area contributed by atoms with Crippen molar-refractivity contribution in [2.24, 2.45) is 0 Å². The Kier molecular flexibility index (Phi) is 4.65. The van der Waals surface area contributed by atoms with E-state index < -0.39 is 0 Å². The summed E-state index contributed by atoms with van der Waals surface area (Å²) in [6, 6.07) is 3.72. The average Bonchev–Trinajstić information content (AvgIpc) is 2.25. The molecule has 0 fully saturated rings. The lowest BCUT2D eigenvalue weighted by molar-refractivity contribution is 0.343. The first-order valence-electron chi connectivity index (χ1n) is 4.41. The lowest BCUT2D eigenvalue weighted by atomic mass is 10.1. The monoisotopic (exact) mass is 272 g/mol. The maximum Gasteiger partial charge on any atom is 0.167 e. The molecule has 0 aliphatic rings. The molecule has 1 rings (SSSR count). The van der Waals surface area contributed by atoms with Crippen LogP contribution < -0.4 is 9.47 Å². The van der Waals surface area contributed by atoms with E-state index in [1.807, 2.05) is 12.1 Å². The number of methoxy groups -OCH3 is 2. The molecule has 0 aliphatic carbocycles. The molecule has 4 heteroatoms. The van der Waals surface area contributed by atoms with Crippen LogP contribution in [-0.4, -0.2) is 25.9 Å². The molecule has 0 aliphatic heterocycles. The van der Waals surface area contributed by atoms with E-state index in [4.69, 9.17) is 14.6 Å². The van der Waals surface area contributed by atoms with Crippen molar-refractivity contribution in [1.82, 2.24) is 0 Å². The highest BCUT2D eigenvalue weighted by Gasteiger charge is 2.09. The summed E-state index contributed by atoms with van der Waals surface area (Å²) in [4.78, 5) is 0. The first-order chi connectivity index (χ1) is 7.22. The van der Waals surface area contributed by atoms with Gasteiger partial charge in [0.1, 0.15) is 0 Å². The molecule has 0 unspecified atom stereocenters. The molecule has 0 aromatic heterocycles. The van der Waals surface area contributed by atoms with Gasteiger partial charge in [-0.05, 0) is 12.1 Å². The molecular weight excluding hydrogens is 260 g/mol. The summed E-state index contributed by atoms with van der Waals surface area (Å²) in [6.07, 6.45) is 3.43. The molecule has 0 bridgehead atoms. The molecule has 0 atom stereocenters. The second kappa shape index (κ2) is 5.78. The summed E-state index contributed by atoms with van der Waals surface area (Å²) in [6.45, 7) is -0.00200. The smallest absolute Gasteiger partial charge is 0.167 e. The summed E-state index contributed by atoms with van der Waals surface area (Å²) in [5.41, 5.74) is 0.859. The van der Waals surface area contributed by atoms with Gasteiger partial charge in [-0.15, -0.1) is 0 Å². The summed E-state index contributed by atoms with van der Waals surface area (Å²) in [5.74, 6) is 1.31. The Morgan fingerprint density at radius 3 is 2.60 bits per heavy atom. The lowest BCUT2D eigenvalue weighted by Gasteiger charge is -2.11. The van der Waals surface area contributed by atoms with Gasteiger partial charge in [-0.25, -0.2) is 0 Å². The summed E-state index contributed by atoms with van der Waals surface area (Å²) < 4.78 is 11.3. The Bertz CT molecular complexity index is 361. The van der Waals surface area contributed by atoms with Gasteiger partial charge in [-0.3, -0.25) is 0 Å². The molecule has 1 aromatic carbocycles. The molecule has 82 valence electrons. The van der Waals surface area contributed by atoms with Crippen molar-refractivity contribution < 1.29 is 14.6 Å². The maximum absolute atomic E-state index is 8.72. The molecule has 1 N–H and O–H groups in total. The van der Waals surface area contributed by atoms with E-state index in [1.165, 1.54) is 0 Å². The average molecular weight is 273 g/mol. The third kappa shape index (κ3) is 2.97. The zero-order valence-electron chi connectivity index (χ0n) is 8.66. The van der Waals surface area contributed by atoms with E-state index in [1.54, 1.807) is 26.4 Å². The van der Waals surface area contributed by atoms with Crippen LogP contribution in [0.4, 0.5) is 0 Å². The molecular formula is C11H13BrO3. The first-order valence-corrected chi connectivity index (χ1v) is 5.21. The molecule has 1 aromatic rings. The molecule has 0 heterocycles. The fourth-order valence-electron chi connectivity index (χ4n) is 1.26. The molecule has 0 radical (unpaired) electrons. The van der Waals surface area contributed by atoms with Gasteiger partial charge >= 0.3 is 0 Å². The minimum atomic E-state index is -0.00200. The van der Waals surface area contributed by atoms with Crippen LogP contribution in [0, 0.1) is 0 Å². The molecule has 0 amide bonds. The minimum Gasteiger partial charge on any atom is -0.493 e. The van der Waals surface area contributed by atoms with Crippen molar-refractivity contribution in [3.63, 3.8) is 0 Å². The molecule has 0 saturated heterocycles. The third-order valence-corrected chi connectivity index (χ3v) is 2.33. The second-order valence-electron chi connectivity index (χ2n) is 2.82. The Morgan fingerprint density at radius 1 is 1.33 bits per heavy atom. The number of rotatable bonds is 4. The standard InChI is InChI=1S/C11H13BrO3/c1-14-10-7-9(12)6-8(4-3-5-13)11(10)15-2/h3-4,6-7,13H,5H2,1-2H3/b4-3+. The van der Waals surface area contributed by atoms with Crippen LogP contribution in [0.25, 0.3) is 6.08 Å². The van der Waals surface area contributed by atoms with Crippen LogP contribution >= 0.6 is 15.9 Å². The molecule has 0 saturated carbocycles. The van der Waals surface area contributed by atoms with Gasteiger partial charge in [0.2, 0.25) is 0 Å². The number of halogens is 1. The fraction of sp³-hybridized carbons (Fsp3) is 0.273. The highest BCUT2D eigenvalue weighted by atomic mass is 79.9. The van der Waals surface area contributed by atoms with Gasteiger partial charge in [0.15, 0.2) is 11.5 Å². The predicted octanol–water partition coefficient (Wildman–Crippen LogP) is 2.47. The van der Waals surface area contributed by atoms with Gasteiger partial charge in [-0.1, -0.05) is 28.1 Å². The van der Waals surface area contributed by atoms with Gasteiger partial charge in [0.05, 0.1) is 20.8 Å². The predicted molar refractivity (Wildman–Crippen MR) is 63.4 cm³/mol. The molecule has 15 heavy (non-hydrogen) atoms. The summed E-state index contributed by atoms with van der Waals surface area (Å²) >= 11 is 3.38. The Morgan fingerprint density at radius 2 is 2.07 bits per heavy atom. The van der Waals surface area contributed by atoms with Crippen molar-refractivity contribution in [2.75, 3.05) is 20.8 Å². The highest BCUT2D eigenvalue weighted by Crippen LogP contribution is 2.35.